The molecule has 12 heteroatoms. The molecule has 0 saturated carbocycles. The second kappa shape index (κ2) is 9.46. The molecule has 3 aromatic heterocycles. The summed E-state index contributed by atoms with van der Waals surface area (Å²) in [6, 6.07) is 5.62. The molecular weight excluding hydrogens is 475 g/mol. The molecule has 1 fully saturated rings. The number of rotatable bonds is 5. The smallest absolute Gasteiger partial charge is 0.261 e. The van der Waals surface area contributed by atoms with Crippen molar-refractivity contribution in [2.45, 2.75) is 13.8 Å². The monoisotopic (exact) mass is 497 g/mol. The molecule has 186 valence electrons. The number of hydrogen-bond acceptors (Lipinski definition) is 8. The molecule has 1 aliphatic heterocycles. The van der Waals surface area contributed by atoms with Crippen molar-refractivity contribution in [1.82, 2.24) is 24.8 Å². The quantitative estimate of drug-likeness (QED) is 0.424. The number of nitrogens with zero attached hydrogens (tertiary/aromatic N) is 5. The lowest BCUT2D eigenvalue weighted by Crippen LogP contribution is -2.43. The highest BCUT2D eigenvalue weighted by atomic mass is 19.1. The van der Waals surface area contributed by atoms with E-state index in [1.165, 1.54) is 13.0 Å². The SMILES string of the molecule is CC(=O)n1c(C)cc2c(F)c(Oc3ncnc(Nc4ccc(N5CCNCC5)cn4)c3F)cc(F)c21. The van der Waals surface area contributed by atoms with Crippen LogP contribution in [0.5, 0.6) is 11.6 Å². The van der Waals surface area contributed by atoms with Gasteiger partial charge in [0.15, 0.2) is 23.2 Å². The molecule has 0 aliphatic carbocycles. The highest BCUT2D eigenvalue weighted by Crippen LogP contribution is 2.35. The van der Waals surface area contributed by atoms with E-state index in [1.54, 1.807) is 19.2 Å². The molecule has 1 aliphatic rings. The van der Waals surface area contributed by atoms with Gasteiger partial charge in [0.1, 0.15) is 12.1 Å². The van der Waals surface area contributed by atoms with Gasteiger partial charge in [0.2, 0.25) is 11.7 Å². The number of nitrogens with one attached hydrogen (secondary N) is 2. The zero-order valence-corrected chi connectivity index (χ0v) is 19.5. The normalized spacial score (nSPS) is 13.8. The number of aromatic nitrogens is 4. The Morgan fingerprint density at radius 1 is 1.08 bits per heavy atom. The summed E-state index contributed by atoms with van der Waals surface area (Å²) in [6.45, 7) is 6.28. The van der Waals surface area contributed by atoms with Crippen molar-refractivity contribution in [3.63, 3.8) is 0 Å². The maximum absolute atomic E-state index is 15.1. The largest absolute Gasteiger partial charge is 0.433 e. The van der Waals surface area contributed by atoms with Gasteiger partial charge in [-0.2, -0.15) is 9.37 Å². The molecule has 2 N–H and O–H groups in total. The van der Waals surface area contributed by atoms with Crippen molar-refractivity contribution < 1.29 is 22.7 Å². The Balaban J connectivity index is 1.40. The number of ether oxygens (including phenoxy) is 1. The van der Waals surface area contributed by atoms with Gasteiger partial charge < -0.3 is 20.3 Å². The van der Waals surface area contributed by atoms with Crippen molar-refractivity contribution in [3.05, 3.63) is 59.9 Å². The van der Waals surface area contributed by atoms with Gasteiger partial charge in [0.25, 0.3) is 5.88 Å². The van der Waals surface area contributed by atoms with Crippen molar-refractivity contribution in [1.29, 1.82) is 0 Å². The summed E-state index contributed by atoms with van der Waals surface area (Å²) in [7, 11) is 0. The van der Waals surface area contributed by atoms with Gasteiger partial charge in [-0.3, -0.25) is 9.36 Å². The van der Waals surface area contributed by atoms with E-state index >= 15 is 8.78 Å². The Hall–Kier alpha value is -4.19. The number of fused-ring (bicyclic) bond motifs is 1. The molecule has 1 aromatic carbocycles. The fourth-order valence-corrected chi connectivity index (χ4v) is 4.21. The summed E-state index contributed by atoms with van der Waals surface area (Å²) in [4.78, 5) is 26.0. The molecule has 0 radical (unpaired) electrons. The number of carbonyl (C=O) groups is 1. The zero-order chi connectivity index (χ0) is 25.4. The maximum Gasteiger partial charge on any atom is 0.261 e. The third-order valence-corrected chi connectivity index (χ3v) is 5.88. The Morgan fingerprint density at radius 3 is 2.56 bits per heavy atom. The first-order valence-corrected chi connectivity index (χ1v) is 11.2. The van der Waals surface area contributed by atoms with Gasteiger partial charge in [-0.15, -0.1) is 0 Å². The highest BCUT2D eigenvalue weighted by molar-refractivity contribution is 5.94. The summed E-state index contributed by atoms with van der Waals surface area (Å²) in [6.07, 6.45) is 2.70. The zero-order valence-electron chi connectivity index (χ0n) is 19.5. The minimum absolute atomic E-state index is 0.167. The van der Waals surface area contributed by atoms with Crippen LogP contribution in [0.1, 0.15) is 17.4 Å². The van der Waals surface area contributed by atoms with Crippen LogP contribution in [0, 0.1) is 24.4 Å². The summed E-state index contributed by atoms with van der Waals surface area (Å²) in [5.41, 5.74) is 1.07. The summed E-state index contributed by atoms with van der Waals surface area (Å²) < 4.78 is 51.5. The van der Waals surface area contributed by atoms with Gasteiger partial charge in [0.05, 0.1) is 17.4 Å². The average Bonchev–Trinajstić information content (AvgIpc) is 3.24. The Kier molecular flexibility index (Phi) is 6.18. The summed E-state index contributed by atoms with van der Waals surface area (Å²) >= 11 is 0. The van der Waals surface area contributed by atoms with Crippen LogP contribution in [-0.2, 0) is 0 Å². The lowest BCUT2D eigenvalue weighted by Gasteiger charge is -2.29. The van der Waals surface area contributed by atoms with E-state index in [1.807, 2.05) is 6.07 Å². The third-order valence-electron chi connectivity index (χ3n) is 5.88. The molecule has 5 rings (SSSR count). The van der Waals surface area contributed by atoms with Crippen molar-refractivity contribution in [2.24, 2.45) is 0 Å². The first-order chi connectivity index (χ1) is 17.3. The molecule has 4 aromatic rings. The van der Waals surface area contributed by atoms with Crippen LogP contribution in [0.4, 0.5) is 30.5 Å². The number of piperazine rings is 1. The van der Waals surface area contributed by atoms with Gasteiger partial charge in [-0.1, -0.05) is 0 Å². The van der Waals surface area contributed by atoms with E-state index in [0.29, 0.717) is 11.5 Å². The molecule has 0 amide bonds. The lowest BCUT2D eigenvalue weighted by atomic mass is 10.2. The van der Waals surface area contributed by atoms with Crippen LogP contribution < -0.4 is 20.3 Å². The van der Waals surface area contributed by atoms with E-state index in [-0.39, 0.29) is 16.7 Å². The number of aryl methyl sites for hydroxylation is 1. The van der Waals surface area contributed by atoms with Gasteiger partial charge >= 0.3 is 0 Å². The summed E-state index contributed by atoms with van der Waals surface area (Å²) in [5, 5.41) is 5.86. The molecular formula is C24H22F3N7O2. The fraction of sp³-hybridized carbons (Fsp3) is 0.250. The summed E-state index contributed by atoms with van der Waals surface area (Å²) in [5.74, 6) is -4.43. The molecule has 9 nitrogen and oxygen atoms in total. The van der Waals surface area contributed by atoms with Gasteiger partial charge in [-0.25, -0.2) is 18.7 Å². The molecule has 0 spiro atoms. The van der Waals surface area contributed by atoms with Crippen LogP contribution in [0.3, 0.4) is 0 Å². The van der Waals surface area contributed by atoms with E-state index in [4.69, 9.17) is 4.74 Å². The Morgan fingerprint density at radius 2 is 1.86 bits per heavy atom. The minimum Gasteiger partial charge on any atom is -0.433 e. The minimum atomic E-state index is -1.01. The number of hydrogen-bond donors (Lipinski definition) is 2. The van der Waals surface area contributed by atoms with Crippen molar-refractivity contribution in [3.8, 4) is 11.6 Å². The maximum atomic E-state index is 15.1. The predicted molar refractivity (Wildman–Crippen MR) is 128 cm³/mol. The van der Waals surface area contributed by atoms with E-state index in [0.717, 1.165) is 48.8 Å². The second-order valence-electron chi connectivity index (χ2n) is 8.28. The first-order valence-electron chi connectivity index (χ1n) is 11.2. The standard InChI is InChI=1S/C24H22F3N7O2/c1-13-9-16-20(26)18(10-17(25)22(16)34(13)14(2)35)36-24-21(27)23(30-12-31-24)32-19-4-3-15(11-29-19)33-7-5-28-6-8-33/h3-4,9-12,28H,5-8H2,1-2H3,(H,29,30,31,32). The van der Waals surface area contributed by atoms with Crippen LogP contribution in [-0.4, -0.2) is 51.6 Å². The second-order valence-corrected chi connectivity index (χ2v) is 8.28. The molecule has 0 atom stereocenters. The Bertz CT molecular complexity index is 1450. The topological polar surface area (TPSA) is 97.2 Å². The van der Waals surface area contributed by atoms with E-state index in [2.05, 4.69) is 30.5 Å². The molecule has 1 saturated heterocycles. The average molecular weight is 497 g/mol. The highest BCUT2D eigenvalue weighted by Gasteiger charge is 2.23. The van der Waals surface area contributed by atoms with Crippen LogP contribution in [0.15, 0.2) is 36.8 Å². The molecule has 36 heavy (non-hydrogen) atoms. The van der Waals surface area contributed by atoms with Crippen LogP contribution in [0.2, 0.25) is 0 Å². The molecule has 4 heterocycles. The molecule has 0 bridgehead atoms. The number of halogens is 3. The van der Waals surface area contributed by atoms with Crippen molar-refractivity contribution in [2.75, 3.05) is 36.4 Å². The third kappa shape index (κ3) is 4.31. The van der Waals surface area contributed by atoms with E-state index in [9.17, 15) is 9.18 Å². The van der Waals surface area contributed by atoms with E-state index < -0.39 is 35.0 Å². The number of benzene rings is 1. The first kappa shape index (κ1) is 23.5. The lowest BCUT2D eigenvalue weighted by molar-refractivity contribution is 0.0939. The fourth-order valence-electron chi connectivity index (χ4n) is 4.21. The Labute approximate surface area is 203 Å². The molecule has 0 unspecified atom stereocenters. The van der Waals surface area contributed by atoms with Gasteiger partial charge in [0, 0.05) is 50.2 Å². The van der Waals surface area contributed by atoms with Crippen LogP contribution in [0.25, 0.3) is 10.9 Å². The predicted octanol–water partition coefficient (Wildman–Crippen LogP) is 4.16. The van der Waals surface area contributed by atoms with Crippen molar-refractivity contribution >= 4 is 34.1 Å². The number of carbonyl (C=O) groups excluding carboxylic acids is 1. The number of pyridine rings is 1. The van der Waals surface area contributed by atoms with Crippen LogP contribution >= 0.6 is 0 Å². The van der Waals surface area contributed by atoms with Gasteiger partial charge in [-0.05, 0) is 25.1 Å². The number of anilines is 3.